The van der Waals surface area contributed by atoms with Crippen molar-refractivity contribution >= 4 is 21.8 Å². The number of aliphatic imine (C=N–C) groups is 1. The number of benzene rings is 1. The lowest BCUT2D eigenvalue weighted by atomic mass is 9.93. The number of amidine groups is 1. The molecule has 2 atom stereocenters. The van der Waals surface area contributed by atoms with Gasteiger partial charge in [0.05, 0.1) is 18.1 Å². The van der Waals surface area contributed by atoms with Crippen LogP contribution in [-0.2, 0) is 24.3 Å². The highest BCUT2D eigenvalue weighted by molar-refractivity contribution is 7.90. The second kappa shape index (κ2) is 8.64. The Hall–Kier alpha value is -1.97. The SMILES string of the molecule is CC[C@H](C)[C@H](N=C1NS(=O)(=O)c2ccccc21)C(=O)N1CCC(C2OCCO2)CC1. The van der Waals surface area contributed by atoms with Crippen LogP contribution in [0.3, 0.4) is 0 Å². The minimum Gasteiger partial charge on any atom is -0.350 e. The van der Waals surface area contributed by atoms with E-state index in [1.165, 1.54) is 0 Å². The fourth-order valence-electron chi connectivity index (χ4n) is 4.25. The number of carbonyl (C=O) groups is 1. The van der Waals surface area contributed by atoms with Gasteiger partial charge in [-0.1, -0.05) is 32.4 Å². The summed E-state index contributed by atoms with van der Waals surface area (Å²) in [5.74, 6) is 0.499. The van der Waals surface area contributed by atoms with E-state index in [1.54, 1.807) is 24.3 Å². The average Bonchev–Trinajstić information content (AvgIpc) is 3.38. The number of sulfonamides is 1. The number of fused-ring (bicyclic) bond motifs is 1. The minimum atomic E-state index is -3.63. The van der Waals surface area contributed by atoms with Crippen molar-refractivity contribution in [3.8, 4) is 0 Å². The summed E-state index contributed by atoms with van der Waals surface area (Å²) < 4.78 is 38.6. The molecule has 4 rings (SSSR count). The summed E-state index contributed by atoms with van der Waals surface area (Å²) in [6.07, 6.45) is 2.27. The van der Waals surface area contributed by atoms with Crippen LogP contribution in [0.15, 0.2) is 34.2 Å². The van der Waals surface area contributed by atoms with Crippen molar-refractivity contribution in [2.24, 2.45) is 16.8 Å². The number of nitrogens with zero attached hydrogens (tertiary/aromatic N) is 2. The Kier molecular flexibility index (Phi) is 6.13. The molecular weight excluding hydrogens is 406 g/mol. The first-order valence-electron chi connectivity index (χ1n) is 10.6. The molecule has 2 saturated heterocycles. The number of carbonyl (C=O) groups excluding carboxylic acids is 1. The van der Waals surface area contributed by atoms with Gasteiger partial charge in [0.1, 0.15) is 11.9 Å². The highest BCUT2D eigenvalue weighted by atomic mass is 32.2. The van der Waals surface area contributed by atoms with Gasteiger partial charge in [-0.2, -0.15) is 0 Å². The van der Waals surface area contributed by atoms with E-state index in [9.17, 15) is 13.2 Å². The van der Waals surface area contributed by atoms with Crippen LogP contribution in [0.5, 0.6) is 0 Å². The van der Waals surface area contributed by atoms with Crippen molar-refractivity contribution in [3.05, 3.63) is 29.8 Å². The van der Waals surface area contributed by atoms with Crippen molar-refractivity contribution < 1.29 is 22.7 Å². The van der Waals surface area contributed by atoms with Crippen molar-refractivity contribution in [2.75, 3.05) is 26.3 Å². The average molecular weight is 436 g/mol. The predicted octanol–water partition coefficient (Wildman–Crippen LogP) is 1.75. The van der Waals surface area contributed by atoms with Crippen LogP contribution < -0.4 is 4.72 Å². The summed E-state index contributed by atoms with van der Waals surface area (Å²) in [6.45, 7) is 6.52. The van der Waals surface area contributed by atoms with Crippen molar-refractivity contribution in [1.29, 1.82) is 0 Å². The normalized spacial score (nSPS) is 25.1. The first-order chi connectivity index (χ1) is 14.4. The fraction of sp³-hybridized carbons (Fsp3) is 0.619. The maximum Gasteiger partial charge on any atom is 0.263 e. The van der Waals surface area contributed by atoms with Crippen molar-refractivity contribution in [1.82, 2.24) is 9.62 Å². The lowest BCUT2D eigenvalue weighted by molar-refractivity contribution is -0.139. The van der Waals surface area contributed by atoms with Crippen LogP contribution in [0.25, 0.3) is 0 Å². The maximum absolute atomic E-state index is 13.4. The third kappa shape index (κ3) is 4.10. The smallest absolute Gasteiger partial charge is 0.263 e. The van der Waals surface area contributed by atoms with Gasteiger partial charge in [-0.3, -0.25) is 14.5 Å². The molecule has 3 aliphatic rings. The molecule has 0 saturated carbocycles. The standard InChI is InChI=1S/C21H29N3O5S/c1-3-14(2)18(22-19-16-6-4-5-7-17(16)30(26,27)23-19)20(25)24-10-8-15(9-11-24)21-28-12-13-29-21/h4-7,14-15,18,21H,3,8-13H2,1-2H3,(H,22,23)/t14-,18-/m0/s1. The number of likely N-dealkylation sites (tertiary alicyclic amines) is 1. The van der Waals surface area contributed by atoms with Gasteiger partial charge in [-0.05, 0) is 30.9 Å². The van der Waals surface area contributed by atoms with E-state index >= 15 is 0 Å². The van der Waals surface area contributed by atoms with E-state index in [0.717, 1.165) is 19.3 Å². The number of ether oxygens (including phenoxy) is 2. The summed E-state index contributed by atoms with van der Waals surface area (Å²) in [4.78, 5) is 20.1. The highest BCUT2D eigenvalue weighted by Gasteiger charge is 2.37. The van der Waals surface area contributed by atoms with Gasteiger partial charge < -0.3 is 14.4 Å². The van der Waals surface area contributed by atoms with E-state index in [1.807, 2.05) is 18.7 Å². The summed E-state index contributed by atoms with van der Waals surface area (Å²) in [5.41, 5.74) is 0.521. The minimum absolute atomic E-state index is 0.0125. The predicted molar refractivity (Wildman–Crippen MR) is 112 cm³/mol. The first-order valence-corrected chi connectivity index (χ1v) is 12.1. The molecule has 0 radical (unpaired) electrons. The molecule has 0 spiro atoms. The topological polar surface area (TPSA) is 97.3 Å². The summed E-state index contributed by atoms with van der Waals surface area (Å²) in [7, 11) is -3.63. The number of hydrogen-bond donors (Lipinski definition) is 1. The van der Waals surface area contributed by atoms with Crippen molar-refractivity contribution in [3.63, 3.8) is 0 Å². The fourth-order valence-corrected chi connectivity index (χ4v) is 5.48. The van der Waals surface area contributed by atoms with Gasteiger partial charge in [0.15, 0.2) is 6.29 Å². The van der Waals surface area contributed by atoms with Crippen molar-refractivity contribution in [2.45, 2.75) is 50.3 Å². The van der Waals surface area contributed by atoms with Gasteiger partial charge in [0.2, 0.25) is 5.91 Å². The first kappa shape index (κ1) is 21.3. The molecule has 2 fully saturated rings. The number of piperidine rings is 1. The van der Waals surface area contributed by atoms with E-state index < -0.39 is 16.1 Å². The molecule has 1 aromatic rings. The summed E-state index contributed by atoms with van der Waals surface area (Å²) in [6, 6.07) is 6.10. The molecule has 30 heavy (non-hydrogen) atoms. The van der Waals surface area contributed by atoms with Gasteiger partial charge in [-0.15, -0.1) is 0 Å². The third-order valence-corrected chi connectivity index (χ3v) is 7.65. The molecule has 3 heterocycles. The number of rotatable bonds is 5. The van der Waals surface area contributed by atoms with Crippen LogP contribution in [-0.4, -0.2) is 63.7 Å². The Labute approximate surface area is 177 Å². The monoisotopic (exact) mass is 435 g/mol. The highest BCUT2D eigenvalue weighted by Crippen LogP contribution is 2.28. The third-order valence-electron chi connectivity index (χ3n) is 6.25. The zero-order valence-electron chi connectivity index (χ0n) is 17.4. The second-order valence-electron chi connectivity index (χ2n) is 8.18. The van der Waals surface area contributed by atoms with E-state index in [-0.39, 0.29) is 28.8 Å². The number of hydrogen-bond acceptors (Lipinski definition) is 6. The molecule has 1 aromatic carbocycles. The Morgan fingerprint density at radius 2 is 1.90 bits per heavy atom. The summed E-state index contributed by atoms with van der Waals surface area (Å²) >= 11 is 0. The van der Waals surface area contributed by atoms with Crippen LogP contribution in [0.2, 0.25) is 0 Å². The molecule has 1 amide bonds. The van der Waals surface area contributed by atoms with E-state index in [4.69, 9.17) is 9.47 Å². The Morgan fingerprint density at radius 1 is 1.23 bits per heavy atom. The van der Waals surface area contributed by atoms with Crippen LogP contribution in [0.4, 0.5) is 0 Å². The largest absolute Gasteiger partial charge is 0.350 e. The zero-order chi connectivity index (χ0) is 21.3. The molecule has 3 aliphatic heterocycles. The van der Waals surface area contributed by atoms with Gasteiger partial charge in [0, 0.05) is 24.6 Å². The molecule has 0 bridgehead atoms. The summed E-state index contributed by atoms with van der Waals surface area (Å²) in [5, 5.41) is 0. The Bertz CT molecular complexity index is 918. The molecule has 8 nitrogen and oxygen atoms in total. The second-order valence-corrected chi connectivity index (χ2v) is 9.83. The molecule has 0 aliphatic carbocycles. The molecule has 9 heteroatoms. The Balaban J connectivity index is 1.52. The molecule has 0 aromatic heterocycles. The van der Waals surface area contributed by atoms with Gasteiger partial charge in [-0.25, -0.2) is 8.42 Å². The molecule has 0 unspecified atom stereocenters. The zero-order valence-corrected chi connectivity index (χ0v) is 18.2. The molecule has 1 N–H and O–H groups in total. The van der Waals surface area contributed by atoms with Gasteiger partial charge >= 0.3 is 0 Å². The van der Waals surface area contributed by atoms with Gasteiger partial charge in [0.25, 0.3) is 10.0 Å². The lowest BCUT2D eigenvalue weighted by Gasteiger charge is -2.36. The quantitative estimate of drug-likeness (QED) is 0.760. The number of nitrogens with one attached hydrogen (secondary N) is 1. The maximum atomic E-state index is 13.4. The molecular formula is C21H29N3O5S. The molecule has 164 valence electrons. The van der Waals surface area contributed by atoms with Crippen LogP contribution in [0, 0.1) is 11.8 Å². The van der Waals surface area contributed by atoms with Crippen LogP contribution >= 0.6 is 0 Å². The van der Waals surface area contributed by atoms with E-state index in [2.05, 4.69) is 9.71 Å². The number of amides is 1. The lowest BCUT2D eigenvalue weighted by Crippen LogP contribution is -2.47. The van der Waals surface area contributed by atoms with E-state index in [0.29, 0.717) is 37.8 Å². The van der Waals surface area contributed by atoms with Crippen LogP contribution in [0.1, 0.15) is 38.7 Å². The Morgan fingerprint density at radius 3 is 2.57 bits per heavy atom.